The number of carbonyl (C=O) groups is 1. The van der Waals surface area contributed by atoms with Gasteiger partial charge in [0.1, 0.15) is 0 Å². The second kappa shape index (κ2) is 5.12. The molecule has 0 aliphatic heterocycles. The van der Waals surface area contributed by atoms with Gasteiger partial charge in [-0.25, -0.2) is 0 Å². The summed E-state index contributed by atoms with van der Waals surface area (Å²) in [7, 11) is 0. The van der Waals surface area contributed by atoms with E-state index in [1.54, 1.807) is 0 Å². The second-order valence-electron chi connectivity index (χ2n) is 4.25. The Bertz CT molecular complexity index is 372. The van der Waals surface area contributed by atoms with Crippen molar-refractivity contribution in [3.8, 4) is 0 Å². The van der Waals surface area contributed by atoms with Gasteiger partial charge in [0.15, 0.2) is 0 Å². The van der Waals surface area contributed by atoms with E-state index in [4.69, 9.17) is 10.5 Å². The normalized spacial score (nSPS) is 11.2. The van der Waals surface area contributed by atoms with E-state index in [0.717, 1.165) is 11.1 Å². The van der Waals surface area contributed by atoms with Gasteiger partial charge in [0.25, 0.3) is 0 Å². The van der Waals surface area contributed by atoms with Crippen molar-refractivity contribution in [2.45, 2.75) is 32.7 Å². The molecule has 0 spiro atoms. The Morgan fingerprint density at radius 3 is 2.69 bits per heavy atom. The molecule has 0 bridgehead atoms. The van der Waals surface area contributed by atoms with Crippen molar-refractivity contribution in [1.29, 1.82) is 0 Å². The van der Waals surface area contributed by atoms with Crippen molar-refractivity contribution >= 4 is 5.97 Å². The molecule has 16 heavy (non-hydrogen) atoms. The average molecular weight is 221 g/mol. The van der Waals surface area contributed by atoms with Crippen LogP contribution in [0.15, 0.2) is 24.3 Å². The molecular formula is C13H19NO2. The zero-order chi connectivity index (χ0) is 12.2. The standard InChI is InChI=1S/C13H19NO2/c1-4-16-12(15)13(2,3)11-7-5-6-10(8-11)9-14/h5-8H,4,9,14H2,1-3H3. The molecule has 0 radical (unpaired) electrons. The Labute approximate surface area is 96.6 Å². The molecule has 1 rings (SSSR count). The third-order valence-corrected chi connectivity index (χ3v) is 2.67. The summed E-state index contributed by atoms with van der Waals surface area (Å²) in [6, 6.07) is 7.75. The van der Waals surface area contributed by atoms with Crippen LogP contribution < -0.4 is 5.73 Å². The van der Waals surface area contributed by atoms with Crippen LogP contribution in [0.5, 0.6) is 0 Å². The number of hydrogen-bond donors (Lipinski definition) is 1. The maximum atomic E-state index is 11.8. The molecule has 0 saturated heterocycles. The van der Waals surface area contributed by atoms with E-state index in [1.165, 1.54) is 0 Å². The number of hydrogen-bond acceptors (Lipinski definition) is 3. The Kier molecular flexibility index (Phi) is 4.07. The van der Waals surface area contributed by atoms with E-state index in [-0.39, 0.29) is 5.97 Å². The number of nitrogens with two attached hydrogens (primary N) is 1. The first kappa shape index (κ1) is 12.7. The van der Waals surface area contributed by atoms with Gasteiger partial charge in [-0.3, -0.25) is 4.79 Å². The summed E-state index contributed by atoms with van der Waals surface area (Å²) in [5, 5.41) is 0. The molecule has 0 amide bonds. The fourth-order valence-corrected chi connectivity index (χ4v) is 1.52. The maximum absolute atomic E-state index is 11.8. The topological polar surface area (TPSA) is 52.3 Å². The van der Waals surface area contributed by atoms with E-state index >= 15 is 0 Å². The predicted octanol–water partition coefficient (Wildman–Crippen LogP) is 1.99. The quantitative estimate of drug-likeness (QED) is 0.791. The third-order valence-electron chi connectivity index (χ3n) is 2.67. The molecule has 0 aliphatic rings. The van der Waals surface area contributed by atoms with Crippen LogP contribution in [0.3, 0.4) is 0 Å². The van der Waals surface area contributed by atoms with E-state index < -0.39 is 5.41 Å². The van der Waals surface area contributed by atoms with E-state index in [0.29, 0.717) is 13.2 Å². The van der Waals surface area contributed by atoms with Gasteiger partial charge in [0.2, 0.25) is 0 Å². The minimum atomic E-state index is -0.624. The lowest BCUT2D eigenvalue weighted by molar-refractivity contribution is -0.148. The summed E-state index contributed by atoms with van der Waals surface area (Å²) in [6.45, 7) is 6.41. The first-order valence-corrected chi connectivity index (χ1v) is 5.49. The van der Waals surface area contributed by atoms with Crippen LogP contribution in [0.4, 0.5) is 0 Å². The summed E-state index contributed by atoms with van der Waals surface area (Å²) < 4.78 is 5.06. The van der Waals surface area contributed by atoms with Crippen molar-refractivity contribution in [2.75, 3.05) is 6.61 Å². The lowest BCUT2D eigenvalue weighted by atomic mass is 9.84. The number of carbonyl (C=O) groups excluding carboxylic acids is 1. The van der Waals surface area contributed by atoms with Crippen molar-refractivity contribution < 1.29 is 9.53 Å². The van der Waals surface area contributed by atoms with Crippen molar-refractivity contribution in [3.63, 3.8) is 0 Å². The maximum Gasteiger partial charge on any atom is 0.315 e. The fourth-order valence-electron chi connectivity index (χ4n) is 1.52. The molecule has 0 unspecified atom stereocenters. The van der Waals surface area contributed by atoms with Crippen LogP contribution in [0.1, 0.15) is 31.9 Å². The van der Waals surface area contributed by atoms with E-state index in [2.05, 4.69) is 0 Å². The molecule has 1 aromatic rings. The first-order chi connectivity index (χ1) is 7.52. The Morgan fingerprint density at radius 1 is 1.44 bits per heavy atom. The first-order valence-electron chi connectivity index (χ1n) is 5.49. The monoisotopic (exact) mass is 221 g/mol. The molecular weight excluding hydrogens is 202 g/mol. The number of rotatable bonds is 4. The fraction of sp³-hybridized carbons (Fsp3) is 0.462. The van der Waals surface area contributed by atoms with Crippen LogP contribution in [0.25, 0.3) is 0 Å². The van der Waals surface area contributed by atoms with E-state index in [9.17, 15) is 4.79 Å². The van der Waals surface area contributed by atoms with Gasteiger partial charge < -0.3 is 10.5 Å². The summed E-state index contributed by atoms with van der Waals surface area (Å²) in [6.07, 6.45) is 0. The SMILES string of the molecule is CCOC(=O)C(C)(C)c1cccc(CN)c1. The van der Waals surface area contributed by atoms with Crippen LogP contribution in [-0.2, 0) is 21.5 Å². The molecule has 0 saturated carbocycles. The van der Waals surface area contributed by atoms with E-state index in [1.807, 2.05) is 45.0 Å². The average Bonchev–Trinajstić information content (AvgIpc) is 2.29. The van der Waals surface area contributed by atoms with Gasteiger partial charge in [0.05, 0.1) is 12.0 Å². The van der Waals surface area contributed by atoms with Crippen LogP contribution in [0.2, 0.25) is 0 Å². The third kappa shape index (κ3) is 2.61. The smallest absolute Gasteiger partial charge is 0.315 e. The van der Waals surface area contributed by atoms with Crippen molar-refractivity contribution in [2.24, 2.45) is 5.73 Å². The van der Waals surface area contributed by atoms with Gasteiger partial charge in [-0.05, 0) is 31.9 Å². The second-order valence-corrected chi connectivity index (χ2v) is 4.25. The van der Waals surface area contributed by atoms with Crippen molar-refractivity contribution in [1.82, 2.24) is 0 Å². The van der Waals surface area contributed by atoms with Gasteiger partial charge >= 0.3 is 5.97 Å². The highest BCUT2D eigenvalue weighted by Gasteiger charge is 2.31. The lowest BCUT2D eigenvalue weighted by Gasteiger charge is -2.23. The van der Waals surface area contributed by atoms with Gasteiger partial charge in [0, 0.05) is 6.54 Å². The molecule has 88 valence electrons. The molecule has 3 nitrogen and oxygen atoms in total. The molecule has 0 fully saturated rings. The number of benzene rings is 1. The zero-order valence-corrected chi connectivity index (χ0v) is 10.1. The summed E-state index contributed by atoms with van der Waals surface area (Å²) in [5.74, 6) is -0.204. The Hall–Kier alpha value is -1.35. The summed E-state index contributed by atoms with van der Waals surface area (Å²) in [5.41, 5.74) is 6.92. The van der Waals surface area contributed by atoms with Crippen LogP contribution in [0, 0.1) is 0 Å². The van der Waals surface area contributed by atoms with Crippen molar-refractivity contribution in [3.05, 3.63) is 35.4 Å². The molecule has 0 aromatic heterocycles. The number of ether oxygens (including phenoxy) is 1. The highest BCUT2D eigenvalue weighted by atomic mass is 16.5. The largest absolute Gasteiger partial charge is 0.465 e. The highest BCUT2D eigenvalue weighted by Crippen LogP contribution is 2.25. The molecule has 0 aliphatic carbocycles. The summed E-state index contributed by atoms with van der Waals surface area (Å²) >= 11 is 0. The zero-order valence-electron chi connectivity index (χ0n) is 10.1. The number of esters is 1. The van der Waals surface area contributed by atoms with Gasteiger partial charge in [-0.15, -0.1) is 0 Å². The Balaban J connectivity index is 3.01. The lowest BCUT2D eigenvalue weighted by Crippen LogP contribution is -2.31. The molecule has 0 heterocycles. The predicted molar refractivity (Wildman–Crippen MR) is 64.0 cm³/mol. The van der Waals surface area contributed by atoms with Crippen LogP contribution in [-0.4, -0.2) is 12.6 Å². The van der Waals surface area contributed by atoms with Gasteiger partial charge in [-0.1, -0.05) is 24.3 Å². The van der Waals surface area contributed by atoms with Crippen LogP contribution >= 0.6 is 0 Å². The highest BCUT2D eigenvalue weighted by molar-refractivity contribution is 5.82. The molecule has 0 atom stereocenters. The minimum Gasteiger partial charge on any atom is -0.465 e. The summed E-state index contributed by atoms with van der Waals surface area (Å²) in [4.78, 5) is 11.8. The molecule has 1 aromatic carbocycles. The molecule has 3 heteroatoms. The minimum absolute atomic E-state index is 0.204. The Morgan fingerprint density at radius 2 is 2.12 bits per heavy atom. The van der Waals surface area contributed by atoms with Gasteiger partial charge in [-0.2, -0.15) is 0 Å². The molecule has 2 N–H and O–H groups in total.